The minimum absolute atomic E-state index is 0.130. The number of halogens is 2. The van der Waals surface area contributed by atoms with Crippen LogP contribution in [0.15, 0.2) is 35.7 Å². The molecule has 158 valence electrons. The van der Waals surface area contributed by atoms with Crippen LogP contribution in [0.25, 0.3) is 0 Å². The molecule has 2 aromatic rings. The number of carbonyl (C=O) groups is 1. The zero-order chi connectivity index (χ0) is 21.2. The first-order chi connectivity index (χ1) is 13.8. The van der Waals surface area contributed by atoms with E-state index in [2.05, 4.69) is 5.32 Å². The van der Waals surface area contributed by atoms with E-state index in [0.717, 1.165) is 15.2 Å². The molecule has 1 fully saturated rings. The number of hydrogen-bond acceptors (Lipinski definition) is 5. The van der Waals surface area contributed by atoms with Crippen LogP contribution in [-0.4, -0.2) is 56.3 Å². The van der Waals surface area contributed by atoms with Gasteiger partial charge in [-0.2, -0.15) is 17.0 Å². The SMILES string of the molecule is COCCN1[C@@H](c2cccs2)C[C@@H](C(=O)Nc2ccc(F)c(Cl)c2)N(C)S1(=O)=O. The molecular weight excluding hydrogens is 441 g/mol. The largest absolute Gasteiger partial charge is 0.383 e. The number of rotatable bonds is 6. The Morgan fingerprint density at radius 3 is 2.79 bits per heavy atom. The molecule has 0 unspecified atom stereocenters. The fourth-order valence-corrected chi connectivity index (χ4v) is 5.99. The van der Waals surface area contributed by atoms with Gasteiger partial charge in [-0.05, 0) is 36.1 Å². The highest BCUT2D eigenvalue weighted by Gasteiger charge is 2.46. The molecule has 0 radical (unpaired) electrons. The van der Waals surface area contributed by atoms with E-state index in [-0.39, 0.29) is 24.6 Å². The second kappa shape index (κ2) is 9.07. The minimum Gasteiger partial charge on any atom is -0.383 e. The number of benzene rings is 1. The third kappa shape index (κ3) is 4.62. The van der Waals surface area contributed by atoms with Gasteiger partial charge in [0.05, 0.1) is 17.7 Å². The number of hydrogen-bond donors (Lipinski definition) is 1. The topological polar surface area (TPSA) is 79.0 Å². The minimum atomic E-state index is -3.90. The van der Waals surface area contributed by atoms with Crippen LogP contribution in [0.4, 0.5) is 10.1 Å². The lowest BCUT2D eigenvalue weighted by molar-refractivity contribution is -0.120. The molecule has 7 nitrogen and oxygen atoms in total. The highest BCUT2D eigenvalue weighted by atomic mass is 35.5. The molecule has 0 bridgehead atoms. The summed E-state index contributed by atoms with van der Waals surface area (Å²) in [4.78, 5) is 13.8. The van der Waals surface area contributed by atoms with Crippen LogP contribution < -0.4 is 5.32 Å². The summed E-state index contributed by atoms with van der Waals surface area (Å²) in [5, 5.41) is 4.37. The van der Waals surface area contributed by atoms with Gasteiger partial charge in [0.1, 0.15) is 11.9 Å². The molecule has 1 aliphatic heterocycles. The Balaban J connectivity index is 1.89. The van der Waals surface area contributed by atoms with Gasteiger partial charge in [-0.15, -0.1) is 11.3 Å². The number of anilines is 1. The molecule has 1 N–H and O–H groups in total. The summed E-state index contributed by atoms with van der Waals surface area (Å²) in [7, 11) is -1.02. The summed E-state index contributed by atoms with van der Waals surface area (Å²) in [6.07, 6.45) is 0.265. The molecule has 11 heteroatoms. The first kappa shape index (κ1) is 22.1. The van der Waals surface area contributed by atoms with Crippen LogP contribution in [-0.2, 0) is 19.7 Å². The Labute approximate surface area is 178 Å². The Bertz CT molecular complexity index is 971. The van der Waals surface area contributed by atoms with E-state index >= 15 is 0 Å². The van der Waals surface area contributed by atoms with Crippen molar-refractivity contribution >= 4 is 44.7 Å². The summed E-state index contributed by atoms with van der Waals surface area (Å²) >= 11 is 7.20. The van der Waals surface area contributed by atoms with E-state index < -0.39 is 34.0 Å². The maximum Gasteiger partial charge on any atom is 0.283 e. The second-order valence-corrected chi connectivity index (χ2v) is 9.86. The van der Waals surface area contributed by atoms with Crippen molar-refractivity contribution in [2.24, 2.45) is 0 Å². The zero-order valence-electron chi connectivity index (χ0n) is 15.8. The maximum atomic E-state index is 13.4. The highest BCUT2D eigenvalue weighted by molar-refractivity contribution is 7.86. The van der Waals surface area contributed by atoms with E-state index in [1.807, 2.05) is 17.5 Å². The number of carbonyl (C=O) groups excluding carboxylic acids is 1. The molecule has 1 aromatic carbocycles. The van der Waals surface area contributed by atoms with Crippen LogP contribution in [0.2, 0.25) is 5.02 Å². The van der Waals surface area contributed by atoms with E-state index in [1.165, 1.54) is 41.9 Å². The average molecular weight is 462 g/mol. The van der Waals surface area contributed by atoms with Gasteiger partial charge in [-0.3, -0.25) is 4.79 Å². The monoisotopic (exact) mass is 461 g/mol. The lowest BCUT2D eigenvalue weighted by Crippen LogP contribution is -2.57. The van der Waals surface area contributed by atoms with Crippen molar-refractivity contribution in [3.05, 3.63) is 51.4 Å². The van der Waals surface area contributed by atoms with Crippen molar-refractivity contribution in [1.29, 1.82) is 0 Å². The first-order valence-corrected chi connectivity index (χ1v) is 11.4. The van der Waals surface area contributed by atoms with Gasteiger partial charge in [0.2, 0.25) is 5.91 Å². The fraction of sp³-hybridized carbons (Fsp3) is 0.389. The number of nitrogens with one attached hydrogen (secondary N) is 1. The van der Waals surface area contributed by atoms with Gasteiger partial charge < -0.3 is 10.1 Å². The molecule has 2 atom stereocenters. The lowest BCUT2D eigenvalue weighted by Gasteiger charge is -2.42. The standard InChI is InChI=1S/C18H21ClFN3O4S2/c1-22-16(18(24)21-12-5-6-14(20)13(19)10-12)11-15(17-4-3-9-28-17)23(7-8-27-2)29(22,25)26/h3-6,9-10,15-16H,7-8,11H2,1-2H3,(H,21,24)/t15-,16+/m1/s1. The third-order valence-electron chi connectivity index (χ3n) is 4.77. The molecule has 29 heavy (non-hydrogen) atoms. The van der Waals surface area contributed by atoms with Crippen LogP contribution in [0, 0.1) is 5.82 Å². The molecule has 1 saturated heterocycles. The predicted octanol–water partition coefficient (Wildman–Crippen LogP) is 3.12. The number of methoxy groups -OCH3 is 1. The summed E-state index contributed by atoms with van der Waals surface area (Å²) in [5.74, 6) is -1.11. The first-order valence-electron chi connectivity index (χ1n) is 8.78. The molecule has 1 amide bonds. The fourth-order valence-electron chi connectivity index (χ4n) is 3.23. The summed E-state index contributed by atoms with van der Waals surface area (Å²) in [5.41, 5.74) is 0.293. The van der Waals surface area contributed by atoms with Crippen LogP contribution in [0.3, 0.4) is 0 Å². The van der Waals surface area contributed by atoms with Gasteiger partial charge in [-0.1, -0.05) is 17.7 Å². The molecule has 0 saturated carbocycles. The quantitative estimate of drug-likeness (QED) is 0.716. The van der Waals surface area contributed by atoms with Crippen molar-refractivity contribution in [1.82, 2.24) is 8.61 Å². The molecular formula is C18H21ClFN3O4S2. The van der Waals surface area contributed by atoms with E-state index in [4.69, 9.17) is 16.3 Å². The van der Waals surface area contributed by atoms with Crippen LogP contribution in [0.1, 0.15) is 17.3 Å². The molecule has 0 aliphatic carbocycles. The van der Waals surface area contributed by atoms with Crippen molar-refractivity contribution in [2.75, 3.05) is 32.6 Å². The van der Waals surface area contributed by atoms with E-state index in [0.29, 0.717) is 5.69 Å². The van der Waals surface area contributed by atoms with Crippen molar-refractivity contribution in [2.45, 2.75) is 18.5 Å². The van der Waals surface area contributed by atoms with Crippen molar-refractivity contribution in [3.63, 3.8) is 0 Å². The zero-order valence-corrected chi connectivity index (χ0v) is 18.2. The van der Waals surface area contributed by atoms with Gasteiger partial charge in [0, 0.05) is 31.3 Å². The number of amides is 1. The van der Waals surface area contributed by atoms with Gasteiger partial charge in [-0.25, -0.2) is 4.39 Å². The summed E-state index contributed by atoms with van der Waals surface area (Å²) in [6, 6.07) is 6.07. The van der Waals surface area contributed by atoms with Crippen molar-refractivity contribution < 1.29 is 22.3 Å². The van der Waals surface area contributed by atoms with Crippen LogP contribution >= 0.6 is 22.9 Å². The Kier molecular flexibility index (Phi) is 6.92. The number of thiophene rings is 1. The maximum absolute atomic E-state index is 13.4. The Morgan fingerprint density at radius 1 is 1.41 bits per heavy atom. The van der Waals surface area contributed by atoms with E-state index in [9.17, 15) is 17.6 Å². The van der Waals surface area contributed by atoms with Gasteiger partial charge in [0.15, 0.2) is 0 Å². The van der Waals surface area contributed by atoms with Crippen molar-refractivity contribution in [3.8, 4) is 0 Å². The molecule has 3 rings (SSSR count). The third-order valence-corrected chi connectivity index (χ3v) is 8.05. The number of likely N-dealkylation sites (N-methyl/N-ethyl adjacent to an activating group) is 1. The van der Waals surface area contributed by atoms with Crippen LogP contribution in [0.5, 0.6) is 0 Å². The summed E-state index contributed by atoms with van der Waals surface area (Å²) < 4.78 is 47.1. The molecule has 1 aromatic heterocycles. The smallest absolute Gasteiger partial charge is 0.283 e. The van der Waals surface area contributed by atoms with Gasteiger partial charge >= 0.3 is 0 Å². The Hall–Kier alpha value is -1.56. The number of ether oxygens (including phenoxy) is 1. The lowest BCUT2D eigenvalue weighted by atomic mass is 10.0. The second-order valence-electron chi connectivity index (χ2n) is 6.53. The number of nitrogens with zero attached hydrogens (tertiary/aromatic N) is 2. The van der Waals surface area contributed by atoms with Gasteiger partial charge in [0.25, 0.3) is 10.2 Å². The normalized spacial score (nSPS) is 22.5. The summed E-state index contributed by atoms with van der Waals surface area (Å²) in [6.45, 7) is 0.410. The predicted molar refractivity (Wildman–Crippen MR) is 111 cm³/mol. The highest BCUT2D eigenvalue weighted by Crippen LogP contribution is 2.38. The Morgan fingerprint density at radius 2 is 2.17 bits per heavy atom. The molecule has 2 heterocycles. The van der Waals surface area contributed by atoms with E-state index in [1.54, 1.807) is 0 Å². The molecule has 0 spiro atoms. The average Bonchev–Trinajstić information content (AvgIpc) is 3.20. The molecule has 1 aliphatic rings.